The maximum absolute atomic E-state index is 12.4. The summed E-state index contributed by atoms with van der Waals surface area (Å²) in [6, 6.07) is 3.28. The van der Waals surface area contributed by atoms with Crippen LogP contribution in [0.1, 0.15) is 43.2 Å². The number of nitrogens with one attached hydrogen (secondary N) is 2. The lowest BCUT2D eigenvalue weighted by molar-refractivity contribution is 0.0484. The summed E-state index contributed by atoms with van der Waals surface area (Å²) in [6.07, 6.45) is 3.75. The van der Waals surface area contributed by atoms with Crippen LogP contribution in [0.3, 0.4) is 0 Å². The first-order chi connectivity index (χ1) is 10.5. The van der Waals surface area contributed by atoms with Crippen LogP contribution in [-0.2, 0) is 14.8 Å². The van der Waals surface area contributed by atoms with Gasteiger partial charge in [0.05, 0.1) is 6.61 Å². The van der Waals surface area contributed by atoms with Gasteiger partial charge in [-0.3, -0.25) is 0 Å². The maximum atomic E-state index is 12.4. The molecule has 0 saturated carbocycles. The van der Waals surface area contributed by atoms with Crippen molar-refractivity contribution >= 4 is 28.4 Å². The molecule has 0 amide bonds. The molecule has 2 fully saturated rings. The molecule has 7 nitrogen and oxygen atoms in total. The molecule has 2 aliphatic rings. The third kappa shape index (κ3) is 4.06. The highest BCUT2D eigenvalue weighted by molar-refractivity contribution is 7.89. The zero-order valence-corrected chi connectivity index (χ0v) is 14.4. The summed E-state index contributed by atoms with van der Waals surface area (Å²) in [5.74, 6) is -0.767. The standard InChI is InChI=1S/C14H20N2O5S.ClH/c1-2-20-14(17)12-5-6-13(21-12)22(18,19)16-11-7-9-3-4-10(8-11)15-9;/h5-6,9-11,15-16H,2-4,7-8H2,1H3;1H. The molecule has 3 rings (SSSR count). The molecule has 23 heavy (non-hydrogen) atoms. The summed E-state index contributed by atoms with van der Waals surface area (Å²) < 4.78 is 37.3. The number of sulfonamides is 1. The highest BCUT2D eigenvalue weighted by Gasteiger charge is 2.36. The van der Waals surface area contributed by atoms with Gasteiger partial charge in [0.2, 0.25) is 10.9 Å². The first-order valence-electron chi connectivity index (χ1n) is 7.53. The van der Waals surface area contributed by atoms with Crippen molar-refractivity contribution in [3.05, 3.63) is 17.9 Å². The van der Waals surface area contributed by atoms with E-state index in [1.54, 1.807) is 6.92 Å². The fourth-order valence-corrected chi connectivity index (χ4v) is 4.40. The predicted octanol–water partition coefficient (Wildman–Crippen LogP) is 1.44. The van der Waals surface area contributed by atoms with E-state index >= 15 is 0 Å². The number of fused-ring (bicyclic) bond motifs is 2. The molecule has 0 radical (unpaired) electrons. The Balaban J connectivity index is 0.00000192. The van der Waals surface area contributed by atoms with Gasteiger partial charge in [0.15, 0.2) is 0 Å². The number of rotatable bonds is 5. The molecule has 3 heterocycles. The number of halogens is 1. The molecule has 0 aromatic carbocycles. The number of furan rings is 1. The van der Waals surface area contributed by atoms with Gasteiger partial charge in [0, 0.05) is 18.1 Å². The first-order valence-corrected chi connectivity index (χ1v) is 9.01. The molecule has 2 saturated heterocycles. The van der Waals surface area contributed by atoms with Crippen molar-refractivity contribution in [2.75, 3.05) is 6.61 Å². The van der Waals surface area contributed by atoms with Gasteiger partial charge >= 0.3 is 5.97 Å². The summed E-state index contributed by atoms with van der Waals surface area (Å²) in [7, 11) is -3.76. The molecule has 0 aliphatic carbocycles. The second-order valence-corrected chi connectivity index (χ2v) is 7.41. The molecule has 2 atom stereocenters. The van der Waals surface area contributed by atoms with E-state index in [0.717, 1.165) is 25.7 Å². The lowest BCUT2D eigenvalue weighted by Gasteiger charge is -2.29. The molecule has 2 bridgehead atoms. The predicted molar refractivity (Wildman–Crippen MR) is 85.2 cm³/mol. The minimum atomic E-state index is -3.76. The van der Waals surface area contributed by atoms with E-state index in [0.29, 0.717) is 12.1 Å². The molecule has 0 spiro atoms. The zero-order valence-electron chi connectivity index (χ0n) is 12.8. The lowest BCUT2D eigenvalue weighted by Crippen LogP contribution is -2.47. The lowest BCUT2D eigenvalue weighted by atomic mass is 10.0. The number of hydrogen-bond donors (Lipinski definition) is 2. The van der Waals surface area contributed by atoms with Gasteiger partial charge in [0.1, 0.15) is 0 Å². The van der Waals surface area contributed by atoms with Crippen LogP contribution in [0.2, 0.25) is 0 Å². The second-order valence-electron chi connectivity index (χ2n) is 5.77. The Bertz CT molecular complexity index is 648. The van der Waals surface area contributed by atoms with E-state index in [4.69, 9.17) is 9.15 Å². The molecule has 1 aromatic rings. The Labute approximate surface area is 141 Å². The first kappa shape index (κ1) is 18.3. The van der Waals surface area contributed by atoms with Crippen molar-refractivity contribution in [3.8, 4) is 0 Å². The second kappa shape index (κ2) is 7.21. The third-order valence-electron chi connectivity index (χ3n) is 4.12. The number of piperidine rings is 1. The Morgan fingerprint density at radius 2 is 2.00 bits per heavy atom. The highest BCUT2D eigenvalue weighted by Crippen LogP contribution is 2.28. The topological polar surface area (TPSA) is 97.6 Å². The van der Waals surface area contributed by atoms with Crippen LogP contribution in [0.5, 0.6) is 0 Å². The van der Waals surface area contributed by atoms with Crippen molar-refractivity contribution in [2.45, 2.75) is 55.8 Å². The Morgan fingerprint density at radius 1 is 1.35 bits per heavy atom. The molecule has 9 heteroatoms. The van der Waals surface area contributed by atoms with Crippen molar-refractivity contribution in [2.24, 2.45) is 0 Å². The number of carbonyl (C=O) groups is 1. The van der Waals surface area contributed by atoms with Gasteiger partial charge in [-0.1, -0.05) is 0 Å². The van der Waals surface area contributed by atoms with Crippen LogP contribution in [0, 0.1) is 0 Å². The highest BCUT2D eigenvalue weighted by atomic mass is 35.5. The van der Waals surface area contributed by atoms with Gasteiger partial charge < -0.3 is 14.5 Å². The summed E-state index contributed by atoms with van der Waals surface area (Å²) in [5.41, 5.74) is 0. The smallest absolute Gasteiger partial charge is 0.374 e. The van der Waals surface area contributed by atoms with Gasteiger partial charge in [-0.2, -0.15) is 0 Å². The zero-order chi connectivity index (χ0) is 15.7. The van der Waals surface area contributed by atoms with Crippen LogP contribution in [-0.4, -0.2) is 39.1 Å². The van der Waals surface area contributed by atoms with E-state index in [1.807, 2.05) is 0 Å². The molecule has 2 unspecified atom stereocenters. The van der Waals surface area contributed by atoms with Crippen molar-refractivity contribution in [3.63, 3.8) is 0 Å². The normalized spacial score (nSPS) is 26.6. The number of hydrogen-bond acceptors (Lipinski definition) is 6. The van der Waals surface area contributed by atoms with Crippen molar-refractivity contribution < 1.29 is 22.4 Å². The van der Waals surface area contributed by atoms with Gasteiger partial charge in [0.25, 0.3) is 10.0 Å². The van der Waals surface area contributed by atoms with E-state index in [1.165, 1.54) is 12.1 Å². The van der Waals surface area contributed by atoms with E-state index < -0.39 is 16.0 Å². The Morgan fingerprint density at radius 3 is 2.61 bits per heavy atom. The molecular formula is C14H21ClN2O5S. The summed E-state index contributed by atoms with van der Waals surface area (Å²) in [4.78, 5) is 11.5. The summed E-state index contributed by atoms with van der Waals surface area (Å²) in [5, 5.41) is 3.21. The average Bonchev–Trinajstić information content (AvgIpc) is 3.06. The minimum Gasteiger partial charge on any atom is -0.460 e. The Hall–Kier alpha value is -1.09. The number of ether oxygens (including phenoxy) is 1. The molecule has 1 aromatic heterocycles. The average molecular weight is 365 g/mol. The maximum Gasteiger partial charge on any atom is 0.374 e. The van der Waals surface area contributed by atoms with Gasteiger partial charge in [-0.15, -0.1) is 12.4 Å². The van der Waals surface area contributed by atoms with Crippen LogP contribution < -0.4 is 10.0 Å². The quantitative estimate of drug-likeness (QED) is 0.767. The molecule has 2 aliphatic heterocycles. The van der Waals surface area contributed by atoms with Crippen LogP contribution >= 0.6 is 12.4 Å². The van der Waals surface area contributed by atoms with Crippen molar-refractivity contribution in [1.29, 1.82) is 0 Å². The van der Waals surface area contributed by atoms with Crippen LogP contribution in [0.25, 0.3) is 0 Å². The van der Waals surface area contributed by atoms with Gasteiger partial charge in [-0.25, -0.2) is 17.9 Å². The number of esters is 1. The number of carbonyl (C=O) groups excluding carboxylic acids is 1. The van der Waals surface area contributed by atoms with Crippen LogP contribution in [0.15, 0.2) is 21.6 Å². The molecular weight excluding hydrogens is 344 g/mol. The van der Waals surface area contributed by atoms with Crippen molar-refractivity contribution in [1.82, 2.24) is 10.0 Å². The minimum absolute atomic E-state index is 0. The summed E-state index contributed by atoms with van der Waals surface area (Å²) >= 11 is 0. The summed E-state index contributed by atoms with van der Waals surface area (Å²) in [6.45, 7) is 1.88. The fraction of sp³-hybridized carbons (Fsp3) is 0.643. The van der Waals surface area contributed by atoms with E-state index in [9.17, 15) is 13.2 Å². The monoisotopic (exact) mass is 364 g/mol. The van der Waals surface area contributed by atoms with E-state index in [2.05, 4.69) is 10.0 Å². The fourth-order valence-electron chi connectivity index (χ4n) is 3.21. The van der Waals surface area contributed by atoms with Crippen LogP contribution in [0.4, 0.5) is 0 Å². The molecule has 2 N–H and O–H groups in total. The Kier molecular flexibility index (Phi) is 5.72. The van der Waals surface area contributed by atoms with E-state index in [-0.39, 0.29) is 35.9 Å². The van der Waals surface area contributed by atoms with Gasteiger partial charge in [-0.05, 0) is 44.7 Å². The third-order valence-corrected chi connectivity index (χ3v) is 5.51. The molecule has 130 valence electrons. The largest absolute Gasteiger partial charge is 0.460 e. The SMILES string of the molecule is CCOC(=O)c1ccc(S(=O)(=O)NC2CC3CCC(C2)N3)o1.Cl.